The van der Waals surface area contributed by atoms with E-state index in [4.69, 9.17) is 0 Å². The molecule has 0 fully saturated rings. The number of rotatable bonds is 7. The highest BCUT2D eigenvalue weighted by Crippen LogP contribution is 2.27. The van der Waals surface area contributed by atoms with Gasteiger partial charge in [-0.1, -0.05) is 6.92 Å². The minimum atomic E-state index is 0.360. The van der Waals surface area contributed by atoms with Gasteiger partial charge in [-0.2, -0.15) is 16.4 Å². The average Bonchev–Trinajstić information content (AvgIpc) is 3.06. The summed E-state index contributed by atoms with van der Waals surface area (Å²) in [5.41, 5.74) is 3.73. The smallest absolute Gasteiger partial charge is 0.0738 e. The molecule has 2 heterocycles. The molecule has 1 atom stereocenters. The van der Waals surface area contributed by atoms with Crippen molar-refractivity contribution in [3.63, 3.8) is 0 Å². The summed E-state index contributed by atoms with van der Waals surface area (Å²) in [6.07, 6.45) is 2.11. The molecule has 0 radical (unpaired) electrons. The van der Waals surface area contributed by atoms with Gasteiger partial charge in [0, 0.05) is 19.0 Å². The van der Waals surface area contributed by atoms with E-state index in [1.807, 2.05) is 0 Å². The van der Waals surface area contributed by atoms with Crippen LogP contribution < -0.4 is 5.32 Å². The van der Waals surface area contributed by atoms with Crippen molar-refractivity contribution in [2.45, 2.75) is 46.2 Å². The molecule has 0 bridgehead atoms. The van der Waals surface area contributed by atoms with Crippen LogP contribution in [-0.2, 0) is 13.0 Å². The van der Waals surface area contributed by atoms with E-state index in [0.29, 0.717) is 6.04 Å². The van der Waals surface area contributed by atoms with Crippen LogP contribution in [0.15, 0.2) is 21.3 Å². The quantitative estimate of drug-likeness (QED) is 0.801. The lowest BCUT2D eigenvalue weighted by molar-refractivity contribution is 0.503. The second kappa shape index (κ2) is 7.38. The van der Waals surface area contributed by atoms with E-state index in [1.165, 1.54) is 11.3 Å². The number of aryl methyl sites for hydroxylation is 2. The first-order valence-corrected chi connectivity index (χ1v) is 8.88. The van der Waals surface area contributed by atoms with Crippen LogP contribution >= 0.6 is 27.3 Å². The molecule has 0 aliphatic carbocycles. The Kier molecular flexibility index (Phi) is 5.81. The van der Waals surface area contributed by atoms with Crippen molar-refractivity contribution in [1.29, 1.82) is 0 Å². The van der Waals surface area contributed by atoms with Gasteiger partial charge in [-0.25, -0.2) is 0 Å². The fourth-order valence-electron chi connectivity index (χ4n) is 2.36. The van der Waals surface area contributed by atoms with Gasteiger partial charge in [0.15, 0.2) is 0 Å². The maximum absolute atomic E-state index is 4.59. The highest BCUT2D eigenvalue weighted by atomic mass is 79.9. The second-order valence-electron chi connectivity index (χ2n) is 4.93. The van der Waals surface area contributed by atoms with Crippen LogP contribution in [0, 0.1) is 6.92 Å². The van der Waals surface area contributed by atoms with Crippen molar-refractivity contribution >= 4 is 27.3 Å². The number of nitrogens with one attached hydrogen (secondary N) is 1. The van der Waals surface area contributed by atoms with Crippen LogP contribution in [0.2, 0.25) is 0 Å². The summed E-state index contributed by atoms with van der Waals surface area (Å²) in [5.74, 6) is 0. The summed E-state index contributed by atoms with van der Waals surface area (Å²) >= 11 is 5.45. The first-order chi connectivity index (χ1) is 9.67. The van der Waals surface area contributed by atoms with Gasteiger partial charge in [0.05, 0.1) is 15.9 Å². The lowest BCUT2D eigenvalue weighted by Crippen LogP contribution is -2.25. The minimum absolute atomic E-state index is 0.360. The fraction of sp³-hybridized carbons (Fsp3) is 0.533. The molecule has 0 amide bonds. The van der Waals surface area contributed by atoms with E-state index in [1.54, 1.807) is 11.3 Å². The van der Waals surface area contributed by atoms with Crippen molar-refractivity contribution in [2.24, 2.45) is 0 Å². The zero-order chi connectivity index (χ0) is 14.5. The molecule has 3 nitrogen and oxygen atoms in total. The lowest BCUT2D eigenvalue weighted by Gasteiger charge is -2.18. The zero-order valence-corrected chi connectivity index (χ0v) is 14.7. The molecule has 1 N–H and O–H groups in total. The molecule has 2 rings (SSSR count). The molecule has 0 saturated heterocycles. The van der Waals surface area contributed by atoms with Crippen molar-refractivity contribution in [3.05, 3.63) is 38.3 Å². The molecule has 2 aromatic heterocycles. The molecule has 0 aliphatic rings. The van der Waals surface area contributed by atoms with E-state index in [0.717, 1.165) is 36.1 Å². The Balaban J connectivity index is 2.23. The largest absolute Gasteiger partial charge is 0.310 e. The van der Waals surface area contributed by atoms with Gasteiger partial charge in [0.2, 0.25) is 0 Å². The van der Waals surface area contributed by atoms with Gasteiger partial charge in [-0.3, -0.25) is 4.68 Å². The number of halogens is 1. The van der Waals surface area contributed by atoms with E-state index in [-0.39, 0.29) is 0 Å². The molecule has 5 heteroatoms. The maximum Gasteiger partial charge on any atom is 0.0738 e. The predicted molar refractivity (Wildman–Crippen MR) is 89.4 cm³/mol. The number of hydrogen-bond acceptors (Lipinski definition) is 3. The normalized spacial score (nSPS) is 12.8. The summed E-state index contributed by atoms with van der Waals surface area (Å²) in [6, 6.07) is 2.57. The van der Waals surface area contributed by atoms with E-state index < -0.39 is 0 Å². The topological polar surface area (TPSA) is 29.9 Å². The first-order valence-electron chi connectivity index (χ1n) is 7.14. The third-order valence-electron chi connectivity index (χ3n) is 3.44. The van der Waals surface area contributed by atoms with Gasteiger partial charge in [0.25, 0.3) is 0 Å². The fourth-order valence-corrected chi connectivity index (χ4v) is 3.52. The molecule has 0 spiro atoms. The van der Waals surface area contributed by atoms with Crippen LogP contribution in [-0.4, -0.2) is 16.3 Å². The van der Waals surface area contributed by atoms with Crippen LogP contribution in [0.1, 0.15) is 43.3 Å². The van der Waals surface area contributed by atoms with Crippen molar-refractivity contribution in [1.82, 2.24) is 15.1 Å². The number of nitrogens with zero attached hydrogens (tertiary/aromatic N) is 2. The molecule has 20 heavy (non-hydrogen) atoms. The Morgan fingerprint density at radius 3 is 2.85 bits per heavy atom. The van der Waals surface area contributed by atoms with E-state index >= 15 is 0 Å². The second-order valence-corrected chi connectivity index (χ2v) is 6.50. The van der Waals surface area contributed by atoms with Gasteiger partial charge >= 0.3 is 0 Å². The molecular formula is C15H22BrN3S. The van der Waals surface area contributed by atoms with Gasteiger partial charge in [-0.05, 0) is 65.1 Å². The molecule has 2 aromatic rings. The number of hydrogen-bond donors (Lipinski definition) is 1. The summed E-state index contributed by atoms with van der Waals surface area (Å²) in [4.78, 5) is 0. The highest BCUT2D eigenvalue weighted by molar-refractivity contribution is 9.10. The zero-order valence-electron chi connectivity index (χ0n) is 12.3. The molecule has 0 saturated carbocycles. The minimum Gasteiger partial charge on any atom is -0.310 e. The first kappa shape index (κ1) is 15.7. The highest BCUT2D eigenvalue weighted by Gasteiger charge is 2.18. The molecule has 0 aromatic carbocycles. The van der Waals surface area contributed by atoms with Gasteiger partial charge < -0.3 is 5.32 Å². The monoisotopic (exact) mass is 355 g/mol. The Morgan fingerprint density at radius 1 is 1.45 bits per heavy atom. The van der Waals surface area contributed by atoms with Crippen LogP contribution in [0.3, 0.4) is 0 Å². The van der Waals surface area contributed by atoms with E-state index in [2.05, 4.69) is 68.6 Å². The number of aromatic nitrogens is 2. The van der Waals surface area contributed by atoms with Crippen molar-refractivity contribution in [3.8, 4) is 0 Å². The lowest BCUT2D eigenvalue weighted by atomic mass is 10.0. The maximum atomic E-state index is 4.59. The SMILES string of the molecule is CCCNC(Cc1c(Br)c(C)nn1CC)c1ccsc1. The summed E-state index contributed by atoms with van der Waals surface area (Å²) in [6.45, 7) is 8.34. The Labute approximate surface area is 133 Å². The third-order valence-corrected chi connectivity index (χ3v) is 5.17. The molecule has 0 aliphatic heterocycles. The third kappa shape index (κ3) is 3.51. The van der Waals surface area contributed by atoms with Crippen molar-refractivity contribution in [2.75, 3.05) is 6.54 Å². The summed E-state index contributed by atoms with van der Waals surface area (Å²) < 4.78 is 3.25. The number of thiophene rings is 1. The standard InChI is InChI=1S/C15H22BrN3S/c1-4-7-17-13(12-6-8-20-10-12)9-14-15(16)11(3)18-19(14)5-2/h6,8,10,13,17H,4-5,7,9H2,1-3H3. The Morgan fingerprint density at radius 2 is 2.25 bits per heavy atom. The Hall–Kier alpha value is -0.650. The van der Waals surface area contributed by atoms with Crippen LogP contribution in [0.5, 0.6) is 0 Å². The Bertz CT molecular complexity index is 534. The van der Waals surface area contributed by atoms with Crippen molar-refractivity contribution < 1.29 is 0 Å². The average molecular weight is 356 g/mol. The molecular weight excluding hydrogens is 334 g/mol. The summed E-state index contributed by atoms with van der Waals surface area (Å²) in [5, 5.41) is 12.6. The van der Waals surface area contributed by atoms with Gasteiger partial charge in [0.1, 0.15) is 0 Å². The molecule has 1 unspecified atom stereocenters. The van der Waals surface area contributed by atoms with Crippen LogP contribution in [0.4, 0.5) is 0 Å². The summed E-state index contributed by atoms with van der Waals surface area (Å²) in [7, 11) is 0. The van der Waals surface area contributed by atoms with E-state index in [9.17, 15) is 0 Å². The predicted octanol–water partition coefficient (Wildman–Crippen LogP) is 4.32. The van der Waals surface area contributed by atoms with Gasteiger partial charge in [-0.15, -0.1) is 0 Å². The molecule has 110 valence electrons. The van der Waals surface area contributed by atoms with Crippen LogP contribution in [0.25, 0.3) is 0 Å².